The summed E-state index contributed by atoms with van der Waals surface area (Å²) in [5.74, 6) is -1.62. The number of alkyl halides is 3. The van der Waals surface area contributed by atoms with Crippen LogP contribution in [0.3, 0.4) is 0 Å². The third kappa shape index (κ3) is 4.55. The summed E-state index contributed by atoms with van der Waals surface area (Å²) in [4.78, 5) is 40.2. The third-order valence-electron chi connectivity index (χ3n) is 4.41. The van der Waals surface area contributed by atoms with Gasteiger partial charge in [0, 0.05) is 12.0 Å². The van der Waals surface area contributed by atoms with Crippen molar-refractivity contribution in [2.75, 3.05) is 13.7 Å². The van der Waals surface area contributed by atoms with Gasteiger partial charge in [0.15, 0.2) is 6.04 Å². The number of esters is 1. The summed E-state index contributed by atoms with van der Waals surface area (Å²) in [5, 5.41) is 5.64. The molecule has 0 saturated carbocycles. The molecule has 29 heavy (non-hydrogen) atoms. The number of rotatable bonds is 6. The Morgan fingerprint density at radius 2 is 2.10 bits per heavy atom. The number of amides is 2. The maximum absolute atomic E-state index is 13.0. The highest BCUT2D eigenvalue weighted by molar-refractivity contribution is 8.03. The molecule has 1 aromatic heterocycles. The van der Waals surface area contributed by atoms with Crippen LogP contribution in [0.4, 0.5) is 0 Å². The van der Waals surface area contributed by atoms with E-state index in [0.29, 0.717) is 5.57 Å². The van der Waals surface area contributed by atoms with Crippen molar-refractivity contribution in [2.45, 2.75) is 34.3 Å². The zero-order valence-corrected chi connectivity index (χ0v) is 19.2. The lowest BCUT2D eigenvalue weighted by Crippen LogP contribution is -2.83. The first kappa shape index (κ1) is 22.7. The second-order valence-corrected chi connectivity index (χ2v) is 10.9. The van der Waals surface area contributed by atoms with E-state index in [2.05, 4.69) is 5.32 Å². The number of hydrogen-bond acceptors (Lipinski definition) is 7. The lowest BCUT2D eigenvalue weighted by atomic mass is 9.95. The molecular weight excluding hydrogens is 483 g/mol. The van der Waals surface area contributed by atoms with Crippen LogP contribution in [-0.2, 0) is 30.3 Å². The van der Waals surface area contributed by atoms with E-state index in [4.69, 9.17) is 44.3 Å². The number of β-lactam (4-membered cyclic amide) rings is 1. The van der Waals surface area contributed by atoms with Crippen LogP contribution >= 0.6 is 57.9 Å². The Labute approximate surface area is 190 Å². The molecule has 3 rings (SSSR count). The van der Waals surface area contributed by atoms with Gasteiger partial charge in [0.05, 0.1) is 6.42 Å². The van der Waals surface area contributed by atoms with Crippen molar-refractivity contribution in [3.63, 3.8) is 0 Å². The molecule has 0 bridgehead atoms. The molecule has 2 unspecified atom stereocenters. The summed E-state index contributed by atoms with van der Waals surface area (Å²) in [6.45, 7) is 1.24. The van der Waals surface area contributed by atoms with Crippen LogP contribution < -0.4 is 5.32 Å². The molecule has 3 atom stereocenters. The van der Waals surface area contributed by atoms with Crippen LogP contribution in [0.15, 0.2) is 28.5 Å². The van der Waals surface area contributed by atoms with Gasteiger partial charge in [0.1, 0.15) is 12.0 Å². The molecule has 1 fully saturated rings. The minimum absolute atomic E-state index is 0.122. The van der Waals surface area contributed by atoms with Crippen LogP contribution in [0.5, 0.6) is 0 Å². The Hall–Kier alpha value is -0.970. The van der Waals surface area contributed by atoms with Gasteiger partial charge in [0.2, 0.25) is 9.70 Å². The maximum Gasteiger partial charge on any atom is 0.333 e. The average Bonchev–Trinajstić information content (AvgIpc) is 3.15. The fraction of sp³-hybridized carbons (Fsp3) is 0.471. The third-order valence-corrected chi connectivity index (χ3v) is 6.94. The lowest BCUT2D eigenvalue weighted by molar-refractivity contribution is -0.202. The van der Waals surface area contributed by atoms with Gasteiger partial charge in [-0.2, -0.15) is 0 Å². The summed E-state index contributed by atoms with van der Waals surface area (Å²) in [6.07, 6.45) is 0.122. The van der Waals surface area contributed by atoms with Gasteiger partial charge in [-0.1, -0.05) is 40.9 Å². The van der Waals surface area contributed by atoms with Crippen molar-refractivity contribution in [1.82, 2.24) is 10.2 Å². The molecule has 0 aliphatic carbocycles. The number of thioether (sulfide) groups is 1. The minimum Gasteiger partial charge on any atom is -0.459 e. The predicted molar refractivity (Wildman–Crippen MR) is 113 cm³/mol. The molecule has 7 nitrogen and oxygen atoms in total. The topological polar surface area (TPSA) is 84.9 Å². The molecule has 0 radical (unpaired) electrons. The van der Waals surface area contributed by atoms with Gasteiger partial charge in [-0.25, -0.2) is 4.79 Å². The number of nitrogens with zero attached hydrogens (tertiary/aromatic N) is 1. The lowest BCUT2D eigenvalue weighted by Gasteiger charge is -2.57. The number of fused-ring (bicyclic) bond motifs is 1. The summed E-state index contributed by atoms with van der Waals surface area (Å²) >= 11 is 19.6. The van der Waals surface area contributed by atoms with E-state index in [0.717, 1.165) is 4.88 Å². The zero-order chi connectivity index (χ0) is 21.4. The highest BCUT2D eigenvalue weighted by atomic mass is 35.6. The molecule has 2 aliphatic heterocycles. The highest BCUT2D eigenvalue weighted by Crippen LogP contribution is 2.46. The Bertz CT molecular complexity index is 843. The normalized spacial score (nSPS) is 26.3. The summed E-state index contributed by atoms with van der Waals surface area (Å²) in [5.41, 5.74) is -0.965. The molecule has 2 aliphatic rings. The van der Waals surface area contributed by atoms with E-state index in [1.54, 1.807) is 12.3 Å². The fourth-order valence-electron chi connectivity index (χ4n) is 3.11. The minimum atomic E-state index is -1.76. The number of methoxy groups -OCH3 is 1. The van der Waals surface area contributed by atoms with Crippen molar-refractivity contribution >= 4 is 75.7 Å². The highest BCUT2D eigenvalue weighted by Gasteiger charge is 2.67. The largest absolute Gasteiger partial charge is 0.459 e. The average molecular weight is 500 g/mol. The van der Waals surface area contributed by atoms with Gasteiger partial charge in [-0.15, -0.1) is 23.1 Å². The van der Waals surface area contributed by atoms with E-state index in [1.165, 1.54) is 35.1 Å². The van der Waals surface area contributed by atoms with Crippen LogP contribution in [0.25, 0.3) is 0 Å². The van der Waals surface area contributed by atoms with Crippen molar-refractivity contribution < 1.29 is 23.9 Å². The molecular formula is C17H17Cl3N2O5S2. The molecule has 0 spiro atoms. The number of nitrogens with one attached hydrogen (secondary N) is 1. The van der Waals surface area contributed by atoms with Crippen molar-refractivity contribution in [3.8, 4) is 0 Å². The van der Waals surface area contributed by atoms with E-state index in [1.807, 2.05) is 17.5 Å². The smallest absolute Gasteiger partial charge is 0.333 e. The Balaban J connectivity index is 1.75. The van der Waals surface area contributed by atoms with Crippen molar-refractivity contribution in [1.29, 1.82) is 0 Å². The first-order chi connectivity index (χ1) is 13.6. The Morgan fingerprint density at radius 3 is 2.69 bits per heavy atom. The summed E-state index contributed by atoms with van der Waals surface area (Å²) in [7, 11) is 1.34. The second kappa shape index (κ2) is 8.64. The van der Waals surface area contributed by atoms with Crippen LogP contribution in [0.1, 0.15) is 11.8 Å². The quantitative estimate of drug-likeness (QED) is 0.280. The van der Waals surface area contributed by atoms with Crippen molar-refractivity contribution in [3.05, 3.63) is 33.4 Å². The van der Waals surface area contributed by atoms with Gasteiger partial charge in [0.25, 0.3) is 11.6 Å². The first-order valence-corrected chi connectivity index (χ1v) is 11.3. The van der Waals surface area contributed by atoms with Gasteiger partial charge >= 0.3 is 5.97 Å². The van der Waals surface area contributed by atoms with E-state index in [9.17, 15) is 14.4 Å². The molecule has 1 N–H and O–H groups in total. The van der Waals surface area contributed by atoms with Crippen molar-refractivity contribution in [2.24, 2.45) is 0 Å². The van der Waals surface area contributed by atoms with Gasteiger partial charge in [-0.05, 0) is 29.4 Å². The van der Waals surface area contributed by atoms with E-state index >= 15 is 0 Å². The van der Waals surface area contributed by atoms with Gasteiger partial charge < -0.3 is 19.7 Å². The molecule has 1 saturated heterocycles. The summed E-state index contributed by atoms with van der Waals surface area (Å²) in [6, 6.07) is 2.68. The Morgan fingerprint density at radius 1 is 1.38 bits per heavy atom. The second-order valence-electron chi connectivity index (χ2n) is 6.43. The number of halogens is 3. The van der Waals surface area contributed by atoms with Crippen LogP contribution in [0, 0.1) is 0 Å². The Kier molecular flexibility index (Phi) is 6.77. The van der Waals surface area contributed by atoms with Crippen LogP contribution in [0.2, 0.25) is 0 Å². The molecule has 12 heteroatoms. The number of ether oxygens (including phenoxy) is 2. The molecule has 0 aromatic carbocycles. The van der Waals surface area contributed by atoms with Gasteiger partial charge in [-0.3, -0.25) is 9.59 Å². The zero-order valence-electron chi connectivity index (χ0n) is 15.3. The predicted octanol–water partition coefficient (Wildman–Crippen LogP) is 2.85. The monoisotopic (exact) mass is 498 g/mol. The van der Waals surface area contributed by atoms with E-state index in [-0.39, 0.29) is 12.3 Å². The number of hydrogen-bond donors (Lipinski definition) is 1. The number of carbonyl (C=O) groups excluding carboxylic acids is 3. The number of carbonyl (C=O) groups is 3. The molecule has 2 amide bonds. The van der Waals surface area contributed by atoms with E-state index < -0.39 is 39.4 Å². The molecule has 3 heterocycles. The summed E-state index contributed by atoms with van der Waals surface area (Å²) < 4.78 is 8.74. The molecule has 1 aromatic rings. The fourth-order valence-corrected chi connectivity index (χ4v) is 5.25. The first-order valence-electron chi connectivity index (χ1n) is 8.36. The van der Waals surface area contributed by atoms with Crippen LogP contribution in [-0.4, -0.2) is 57.3 Å². The maximum atomic E-state index is 13.0. The standard InChI is InChI=1S/C17H17Cl3N2O5S2/c1-9-7-29-15-17(26-2,21-11(23)6-10-4-3-5-28-10)14(25)22(15)12(9)13(24)27-8-16(18,19)20/h3-5,7,12,15H,6,8H2,1-2H3,(H,21,23)/t12?,15-,17?/m0/s1. The SMILES string of the molecule is COC1(NC(=O)Cc2cccs2)C(=O)N2C(C(=O)OCC(Cl)(Cl)Cl)C(C)=CS[C@H]21. The number of thiophene rings is 1. The molecule has 158 valence electrons.